The first-order chi connectivity index (χ1) is 17.9. The van der Waals surface area contributed by atoms with Gasteiger partial charge in [-0.05, 0) is 26.0 Å². The van der Waals surface area contributed by atoms with Crippen molar-refractivity contribution in [1.82, 2.24) is 30.0 Å². The Morgan fingerprint density at radius 1 is 1.19 bits per heavy atom. The van der Waals surface area contributed by atoms with E-state index >= 15 is 0 Å². The average molecular weight is 527 g/mol. The molecule has 0 spiro atoms. The molecule has 2 N–H and O–H groups in total. The summed E-state index contributed by atoms with van der Waals surface area (Å²) >= 11 is 1.10. The Hall–Kier alpha value is -4.13. The number of aromatic nitrogens is 4. The SMILES string of the molecule is CCOC(=O)C1=C(CSc2nc3ccccc3c(=O)n2CC(=O)OC)NC(=O)N[C@H]1c1cnn(CC)c1. The molecule has 0 bridgehead atoms. The zero-order valence-electron chi connectivity index (χ0n) is 20.5. The fourth-order valence-electron chi connectivity index (χ4n) is 3.86. The van der Waals surface area contributed by atoms with Crippen molar-refractivity contribution >= 4 is 40.6 Å². The smallest absolute Gasteiger partial charge is 0.338 e. The number of nitrogens with zero attached hydrogens (tertiary/aromatic N) is 4. The molecule has 13 heteroatoms. The number of methoxy groups -OCH3 is 1. The minimum atomic E-state index is -0.787. The highest BCUT2D eigenvalue weighted by molar-refractivity contribution is 7.99. The standard InChI is InChI=1S/C24H26N6O6S/c1-4-29-11-14(10-25-29)20-19(22(33)36-5-2)17(26-23(34)28-20)13-37-24-27-16-9-7-6-8-15(16)21(32)30(24)12-18(31)35-3/h6-11,20H,4-5,12-13H2,1-3H3,(H2,26,28,34)/t20-/m0/s1. The van der Waals surface area contributed by atoms with Crippen molar-refractivity contribution in [3.8, 4) is 0 Å². The first-order valence-electron chi connectivity index (χ1n) is 11.5. The van der Waals surface area contributed by atoms with E-state index in [9.17, 15) is 19.2 Å². The predicted octanol–water partition coefficient (Wildman–Crippen LogP) is 1.75. The number of para-hydroxylation sites is 1. The molecule has 37 heavy (non-hydrogen) atoms. The van der Waals surface area contributed by atoms with E-state index in [1.165, 1.54) is 11.7 Å². The van der Waals surface area contributed by atoms with E-state index in [1.54, 1.807) is 48.3 Å². The molecule has 1 aliphatic rings. The summed E-state index contributed by atoms with van der Waals surface area (Å²) in [6.07, 6.45) is 3.34. The molecule has 1 aromatic carbocycles. The van der Waals surface area contributed by atoms with Crippen LogP contribution in [-0.2, 0) is 32.2 Å². The molecule has 0 saturated carbocycles. The molecule has 0 aliphatic carbocycles. The summed E-state index contributed by atoms with van der Waals surface area (Å²) in [5, 5.41) is 10.3. The zero-order valence-corrected chi connectivity index (χ0v) is 21.3. The number of thioether (sulfide) groups is 1. The predicted molar refractivity (Wildman–Crippen MR) is 135 cm³/mol. The normalized spacial score (nSPS) is 15.3. The third-order valence-corrected chi connectivity index (χ3v) is 6.65. The second kappa shape index (κ2) is 11.3. The van der Waals surface area contributed by atoms with Gasteiger partial charge in [-0.1, -0.05) is 23.9 Å². The van der Waals surface area contributed by atoms with Gasteiger partial charge in [-0.15, -0.1) is 0 Å². The van der Waals surface area contributed by atoms with E-state index in [0.29, 0.717) is 28.7 Å². The van der Waals surface area contributed by atoms with Gasteiger partial charge in [-0.25, -0.2) is 14.6 Å². The van der Waals surface area contributed by atoms with Gasteiger partial charge >= 0.3 is 18.0 Å². The van der Waals surface area contributed by atoms with Gasteiger partial charge in [0.1, 0.15) is 6.54 Å². The molecule has 2 amide bonds. The summed E-state index contributed by atoms with van der Waals surface area (Å²) in [5.41, 5.74) is 1.18. The lowest BCUT2D eigenvalue weighted by atomic mass is 9.98. The van der Waals surface area contributed by atoms with Crippen LogP contribution in [0.5, 0.6) is 0 Å². The summed E-state index contributed by atoms with van der Waals surface area (Å²) in [6.45, 7) is 4.03. The van der Waals surface area contributed by atoms with Gasteiger partial charge in [0.2, 0.25) is 0 Å². The Bertz CT molecular complexity index is 1440. The van der Waals surface area contributed by atoms with Crippen LogP contribution in [0.4, 0.5) is 4.79 Å². The minimum Gasteiger partial charge on any atom is -0.468 e. The molecule has 3 aromatic rings. The topological polar surface area (TPSA) is 146 Å². The summed E-state index contributed by atoms with van der Waals surface area (Å²) in [6, 6.07) is 5.50. The van der Waals surface area contributed by atoms with Crippen LogP contribution in [0.3, 0.4) is 0 Å². The van der Waals surface area contributed by atoms with Gasteiger partial charge in [0.25, 0.3) is 5.56 Å². The van der Waals surface area contributed by atoms with Crippen molar-refractivity contribution in [2.45, 2.75) is 38.1 Å². The number of ether oxygens (including phenoxy) is 2. The average Bonchev–Trinajstić information content (AvgIpc) is 3.38. The maximum absolute atomic E-state index is 13.2. The Labute approximate surface area is 216 Å². The lowest BCUT2D eigenvalue weighted by Gasteiger charge is -2.28. The lowest BCUT2D eigenvalue weighted by Crippen LogP contribution is -2.46. The first kappa shape index (κ1) is 25.9. The highest BCUT2D eigenvalue weighted by atomic mass is 32.2. The molecule has 194 valence electrons. The fraction of sp³-hybridized carbons (Fsp3) is 0.333. The van der Waals surface area contributed by atoms with Crippen LogP contribution >= 0.6 is 11.8 Å². The number of carbonyl (C=O) groups excluding carboxylic acids is 3. The second-order valence-corrected chi connectivity index (χ2v) is 8.88. The summed E-state index contributed by atoms with van der Waals surface area (Å²) < 4.78 is 13.0. The van der Waals surface area contributed by atoms with Crippen LogP contribution < -0.4 is 16.2 Å². The van der Waals surface area contributed by atoms with E-state index in [4.69, 9.17) is 9.47 Å². The quantitative estimate of drug-likeness (QED) is 0.242. The molecule has 0 radical (unpaired) electrons. The van der Waals surface area contributed by atoms with Gasteiger partial charge in [-0.3, -0.25) is 18.8 Å². The van der Waals surface area contributed by atoms with Crippen molar-refractivity contribution in [3.63, 3.8) is 0 Å². The van der Waals surface area contributed by atoms with Crippen molar-refractivity contribution in [2.24, 2.45) is 0 Å². The number of rotatable bonds is 9. The van der Waals surface area contributed by atoms with Crippen LogP contribution in [0.15, 0.2) is 57.9 Å². The van der Waals surface area contributed by atoms with Gasteiger partial charge < -0.3 is 20.1 Å². The van der Waals surface area contributed by atoms with Crippen molar-refractivity contribution in [2.75, 3.05) is 19.5 Å². The summed E-state index contributed by atoms with van der Waals surface area (Å²) in [4.78, 5) is 55.4. The van der Waals surface area contributed by atoms with E-state index in [0.717, 1.165) is 11.8 Å². The molecule has 0 fully saturated rings. The van der Waals surface area contributed by atoms with Gasteiger partial charge in [0, 0.05) is 29.8 Å². The highest BCUT2D eigenvalue weighted by Gasteiger charge is 2.34. The van der Waals surface area contributed by atoms with E-state index in [-0.39, 0.29) is 29.6 Å². The Kier molecular flexibility index (Phi) is 7.92. The Morgan fingerprint density at radius 3 is 2.68 bits per heavy atom. The molecular weight excluding hydrogens is 500 g/mol. The Morgan fingerprint density at radius 2 is 1.97 bits per heavy atom. The highest BCUT2D eigenvalue weighted by Crippen LogP contribution is 2.30. The number of urea groups is 1. The minimum absolute atomic E-state index is 0.0614. The van der Waals surface area contributed by atoms with Crippen LogP contribution in [0, 0.1) is 0 Å². The fourth-order valence-corrected chi connectivity index (χ4v) is 4.83. The maximum Gasteiger partial charge on any atom is 0.338 e. The van der Waals surface area contributed by atoms with Crippen molar-refractivity contribution in [1.29, 1.82) is 0 Å². The number of hydrogen-bond acceptors (Lipinski definition) is 9. The van der Waals surface area contributed by atoms with E-state index in [2.05, 4.69) is 20.7 Å². The van der Waals surface area contributed by atoms with E-state index < -0.39 is 29.6 Å². The number of esters is 2. The van der Waals surface area contributed by atoms with Gasteiger partial charge in [0.05, 0.1) is 42.4 Å². The monoisotopic (exact) mass is 526 g/mol. The number of benzene rings is 1. The molecule has 0 unspecified atom stereocenters. The summed E-state index contributed by atoms with van der Waals surface area (Å²) in [5.74, 6) is -1.15. The van der Waals surface area contributed by atoms with E-state index in [1.807, 2.05) is 6.92 Å². The molecular formula is C24H26N6O6S. The number of aryl methyl sites for hydroxylation is 1. The number of nitrogens with one attached hydrogen (secondary N) is 2. The van der Waals surface area contributed by atoms with Crippen LogP contribution in [0.1, 0.15) is 25.5 Å². The van der Waals surface area contributed by atoms with Crippen molar-refractivity contribution < 1.29 is 23.9 Å². The molecule has 2 aromatic heterocycles. The van der Waals surface area contributed by atoms with Crippen LogP contribution in [0.2, 0.25) is 0 Å². The largest absolute Gasteiger partial charge is 0.468 e. The first-order valence-corrected chi connectivity index (χ1v) is 12.5. The van der Waals surface area contributed by atoms with Gasteiger partial charge in [0.15, 0.2) is 5.16 Å². The van der Waals surface area contributed by atoms with Gasteiger partial charge in [-0.2, -0.15) is 5.10 Å². The summed E-state index contributed by atoms with van der Waals surface area (Å²) in [7, 11) is 1.23. The molecule has 4 rings (SSSR count). The number of hydrogen-bond donors (Lipinski definition) is 2. The number of fused-ring (bicyclic) bond motifs is 1. The molecule has 3 heterocycles. The zero-order chi connectivity index (χ0) is 26.5. The Balaban J connectivity index is 1.76. The molecule has 1 aliphatic heterocycles. The van der Waals surface area contributed by atoms with Crippen LogP contribution in [-0.4, -0.2) is 56.8 Å². The number of carbonyl (C=O) groups is 3. The molecule has 1 atom stereocenters. The third-order valence-electron chi connectivity index (χ3n) is 5.65. The molecule has 0 saturated heterocycles. The second-order valence-electron chi connectivity index (χ2n) is 7.94. The number of amides is 2. The van der Waals surface area contributed by atoms with Crippen molar-refractivity contribution in [3.05, 3.63) is 63.8 Å². The van der Waals surface area contributed by atoms with Crippen LogP contribution in [0.25, 0.3) is 10.9 Å². The maximum atomic E-state index is 13.2. The third kappa shape index (κ3) is 5.50. The lowest BCUT2D eigenvalue weighted by molar-refractivity contribution is -0.141. The molecule has 12 nitrogen and oxygen atoms in total.